The molecule has 2 aliphatic rings. The Balaban J connectivity index is 1.85. The first-order chi connectivity index (χ1) is 9.95. The van der Waals surface area contributed by atoms with Crippen LogP contribution in [0.3, 0.4) is 0 Å². The predicted octanol–water partition coefficient (Wildman–Crippen LogP) is 0.985. The van der Waals surface area contributed by atoms with E-state index >= 15 is 0 Å². The second-order valence-electron chi connectivity index (χ2n) is 4.64. The maximum absolute atomic E-state index is 11.7. The van der Waals surface area contributed by atoms with Gasteiger partial charge in [-0.3, -0.25) is 14.4 Å². The fraction of sp³-hybridized carbons (Fsp3) is 0.357. The summed E-state index contributed by atoms with van der Waals surface area (Å²) < 4.78 is 9.94. The number of nitrogens with one attached hydrogen (secondary N) is 1. The van der Waals surface area contributed by atoms with Crippen molar-refractivity contribution in [3.63, 3.8) is 0 Å². The van der Waals surface area contributed by atoms with Crippen molar-refractivity contribution in [2.24, 2.45) is 0 Å². The van der Waals surface area contributed by atoms with Gasteiger partial charge in [0.05, 0.1) is 6.26 Å². The number of amides is 1. The molecule has 0 aromatic rings. The highest BCUT2D eigenvalue weighted by Crippen LogP contribution is 2.20. The number of ether oxygens (including phenoxy) is 2. The Morgan fingerprint density at radius 2 is 2.24 bits per heavy atom. The number of hydrogen-bond donors (Lipinski definition) is 2. The lowest BCUT2D eigenvalue weighted by Crippen LogP contribution is -2.24. The number of hydrogen-bond acceptors (Lipinski definition) is 6. The van der Waals surface area contributed by atoms with Crippen molar-refractivity contribution in [3.05, 3.63) is 35.4 Å². The molecular formula is C14H15NO6. The van der Waals surface area contributed by atoms with Crippen LogP contribution in [-0.4, -0.2) is 29.1 Å². The first-order valence-corrected chi connectivity index (χ1v) is 6.42. The number of Topliss-reactive ketones (excluding diaryl/α,β-unsaturated/α-hetero) is 1. The summed E-state index contributed by atoms with van der Waals surface area (Å²) in [4.78, 5) is 33.8. The van der Waals surface area contributed by atoms with Gasteiger partial charge < -0.3 is 19.9 Å². The average Bonchev–Trinajstić information content (AvgIpc) is 2.97. The van der Waals surface area contributed by atoms with Gasteiger partial charge in [-0.2, -0.15) is 0 Å². The molecule has 1 amide bonds. The van der Waals surface area contributed by atoms with E-state index in [2.05, 4.69) is 5.32 Å². The molecule has 112 valence electrons. The lowest BCUT2D eigenvalue weighted by Gasteiger charge is -2.08. The van der Waals surface area contributed by atoms with Crippen molar-refractivity contribution in [1.29, 1.82) is 0 Å². The Morgan fingerprint density at radius 1 is 1.48 bits per heavy atom. The quantitative estimate of drug-likeness (QED) is 0.592. The molecule has 0 spiro atoms. The monoisotopic (exact) mass is 293 g/mol. The largest absolute Gasteiger partial charge is 0.510 e. The van der Waals surface area contributed by atoms with E-state index in [1.54, 1.807) is 0 Å². The summed E-state index contributed by atoms with van der Waals surface area (Å²) in [7, 11) is 0. The molecule has 7 nitrogen and oxygen atoms in total. The molecule has 7 heteroatoms. The first-order valence-electron chi connectivity index (χ1n) is 6.42. The van der Waals surface area contributed by atoms with Gasteiger partial charge in [0.15, 0.2) is 5.78 Å². The molecule has 1 aliphatic carbocycles. The van der Waals surface area contributed by atoms with E-state index in [-0.39, 0.29) is 30.1 Å². The third-order valence-corrected chi connectivity index (χ3v) is 2.92. The molecule has 0 aromatic heterocycles. The molecular weight excluding hydrogens is 278 g/mol. The zero-order valence-corrected chi connectivity index (χ0v) is 11.4. The number of rotatable bonds is 4. The van der Waals surface area contributed by atoms with Crippen LogP contribution in [0.15, 0.2) is 35.4 Å². The smallest absolute Gasteiger partial charge is 0.305 e. The molecule has 0 saturated heterocycles. The second kappa shape index (κ2) is 6.25. The minimum atomic E-state index is -0.673. The van der Waals surface area contributed by atoms with Crippen LogP contribution in [0.25, 0.3) is 0 Å². The minimum absolute atomic E-state index is 0.0425. The number of carbonyl (C=O) groups excluding carboxylic acids is 3. The third-order valence-electron chi connectivity index (χ3n) is 2.92. The van der Waals surface area contributed by atoms with Gasteiger partial charge in [-0.15, -0.1) is 0 Å². The average molecular weight is 293 g/mol. The molecule has 1 aliphatic heterocycles. The Morgan fingerprint density at radius 3 is 2.86 bits per heavy atom. The van der Waals surface area contributed by atoms with Crippen LogP contribution >= 0.6 is 0 Å². The SMILES string of the molecule is CC(=O)O[C@H]1CC(/C=C/C(=O)NC2=C(O)CCC2=O)=CO1. The third kappa shape index (κ3) is 3.95. The first kappa shape index (κ1) is 14.8. The van der Waals surface area contributed by atoms with E-state index in [9.17, 15) is 19.5 Å². The zero-order valence-electron chi connectivity index (χ0n) is 11.4. The van der Waals surface area contributed by atoms with Crippen molar-refractivity contribution < 1.29 is 29.0 Å². The van der Waals surface area contributed by atoms with Crippen molar-refractivity contribution >= 4 is 17.7 Å². The van der Waals surface area contributed by atoms with Crippen LogP contribution < -0.4 is 5.32 Å². The Bertz CT molecular complexity index is 572. The molecule has 0 aromatic carbocycles. The van der Waals surface area contributed by atoms with Crippen LogP contribution in [0, 0.1) is 0 Å². The van der Waals surface area contributed by atoms with Gasteiger partial charge >= 0.3 is 5.97 Å². The summed E-state index contributed by atoms with van der Waals surface area (Å²) in [5.74, 6) is -1.35. The molecule has 0 radical (unpaired) electrons. The van der Waals surface area contributed by atoms with Crippen LogP contribution in [0.2, 0.25) is 0 Å². The number of esters is 1. The summed E-state index contributed by atoms with van der Waals surface area (Å²) in [6.45, 7) is 1.28. The van der Waals surface area contributed by atoms with Gasteiger partial charge in [-0.1, -0.05) is 6.08 Å². The molecule has 1 heterocycles. The highest BCUT2D eigenvalue weighted by Gasteiger charge is 2.24. The standard InChI is InChI=1S/C14H15NO6/c1-8(16)21-13-6-9(7-20-13)2-5-12(19)15-14-10(17)3-4-11(14)18/h2,5,7,13,17H,3-4,6H2,1H3,(H,15,19)/b5-2+/t13-/m0/s1. The second-order valence-corrected chi connectivity index (χ2v) is 4.64. The summed E-state index contributed by atoms with van der Waals surface area (Å²) in [6, 6.07) is 0. The van der Waals surface area contributed by atoms with E-state index in [0.29, 0.717) is 12.0 Å². The van der Waals surface area contributed by atoms with Gasteiger partial charge in [0.1, 0.15) is 11.5 Å². The van der Waals surface area contributed by atoms with Crippen LogP contribution in [-0.2, 0) is 23.9 Å². The van der Waals surface area contributed by atoms with Crippen LogP contribution in [0.4, 0.5) is 0 Å². The van der Waals surface area contributed by atoms with Crippen molar-refractivity contribution in [2.45, 2.75) is 32.5 Å². The maximum Gasteiger partial charge on any atom is 0.305 e. The summed E-state index contributed by atoms with van der Waals surface area (Å²) >= 11 is 0. The Hall–Kier alpha value is -2.57. The molecule has 0 saturated carbocycles. The highest BCUT2D eigenvalue weighted by molar-refractivity contribution is 6.03. The van der Waals surface area contributed by atoms with Gasteiger partial charge in [0.2, 0.25) is 12.2 Å². The molecule has 21 heavy (non-hydrogen) atoms. The summed E-state index contributed by atoms with van der Waals surface area (Å²) in [6.07, 6.45) is 4.24. The van der Waals surface area contributed by atoms with Crippen LogP contribution in [0.1, 0.15) is 26.2 Å². The minimum Gasteiger partial charge on any atom is -0.510 e. The van der Waals surface area contributed by atoms with Gasteiger partial charge in [0.25, 0.3) is 0 Å². The van der Waals surface area contributed by atoms with E-state index in [4.69, 9.17) is 9.47 Å². The molecule has 2 N–H and O–H groups in total. The number of aliphatic hydroxyl groups is 1. The maximum atomic E-state index is 11.7. The van der Waals surface area contributed by atoms with Crippen LogP contribution in [0.5, 0.6) is 0 Å². The lowest BCUT2D eigenvalue weighted by molar-refractivity contribution is -0.163. The summed E-state index contributed by atoms with van der Waals surface area (Å²) in [5.41, 5.74) is 0.631. The van der Waals surface area contributed by atoms with Gasteiger partial charge in [0, 0.05) is 32.3 Å². The number of carbonyl (C=O) groups is 3. The predicted molar refractivity (Wildman–Crippen MR) is 70.5 cm³/mol. The van der Waals surface area contributed by atoms with Gasteiger partial charge in [-0.25, -0.2) is 0 Å². The number of allylic oxidation sites excluding steroid dienone is 3. The fourth-order valence-corrected chi connectivity index (χ4v) is 1.95. The zero-order chi connectivity index (χ0) is 15.4. The van der Waals surface area contributed by atoms with Crippen molar-refractivity contribution in [1.82, 2.24) is 5.32 Å². The van der Waals surface area contributed by atoms with E-state index in [1.165, 1.54) is 25.3 Å². The lowest BCUT2D eigenvalue weighted by atomic mass is 10.2. The molecule has 0 unspecified atom stereocenters. The molecule has 0 bridgehead atoms. The molecule has 1 atom stereocenters. The molecule has 0 fully saturated rings. The molecule has 2 rings (SSSR count). The van der Waals surface area contributed by atoms with E-state index in [0.717, 1.165) is 0 Å². The van der Waals surface area contributed by atoms with Crippen molar-refractivity contribution in [3.8, 4) is 0 Å². The number of aliphatic hydroxyl groups excluding tert-OH is 1. The highest BCUT2D eigenvalue weighted by atomic mass is 16.7. The van der Waals surface area contributed by atoms with Crippen molar-refractivity contribution in [2.75, 3.05) is 0 Å². The van der Waals surface area contributed by atoms with E-state index < -0.39 is 18.2 Å². The summed E-state index contributed by atoms with van der Waals surface area (Å²) in [5, 5.41) is 11.8. The van der Waals surface area contributed by atoms with Gasteiger partial charge in [-0.05, 0) is 5.57 Å². The number of ketones is 1. The Labute approximate surface area is 120 Å². The normalized spacial score (nSPS) is 21.5. The Kier molecular flexibility index (Phi) is 4.42. The van der Waals surface area contributed by atoms with E-state index in [1.807, 2.05) is 0 Å². The fourth-order valence-electron chi connectivity index (χ4n) is 1.95. The topological polar surface area (TPSA) is 102 Å².